The van der Waals surface area contributed by atoms with Crippen molar-refractivity contribution in [2.45, 2.75) is 33.1 Å². The summed E-state index contributed by atoms with van der Waals surface area (Å²) in [7, 11) is 0. The third-order valence-electron chi connectivity index (χ3n) is 1.89. The highest BCUT2D eigenvalue weighted by atomic mass is 19.1. The summed E-state index contributed by atoms with van der Waals surface area (Å²) in [5, 5.41) is 6.16. The highest BCUT2D eigenvalue weighted by Crippen LogP contribution is 2.11. The predicted octanol–water partition coefficient (Wildman–Crippen LogP) is 2.09. The van der Waals surface area contributed by atoms with Crippen LogP contribution in [-0.2, 0) is 6.42 Å². The smallest absolute Gasteiger partial charge is 0.183 e. The first-order valence-corrected chi connectivity index (χ1v) is 4.40. The van der Waals surface area contributed by atoms with E-state index < -0.39 is 5.82 Å². The summed E-state index contributed by atoms with van der Waals surface area (Å²) in [5.41, 5.74) is 0.359. The Morgan fingerprint density at radius 1 is 1.62 bits per heavy atom. The summed E-state index contributed by atoms with van der Waals surface area (Å²) >= 11 is 0. The first-order chi connectivity index (χ1) is 6.16. The first-order valence-electron chi connectivity index (χ1n) is 4.40. The summed E-state index contributed by atoms with van der Waals surface area (Å²) in [6, 6.07) is 0. The summed E-state index contributed by atoms with van der Waals surface area (Å²) in [6.45, 7) is 3.34. The van der Waals surface area contributed by atoms with Crippen molar-refractivity contribution in [1.82, 2.24) is 10.2 Å². The second kappa shape index (κ2) is 4.16. The number of halogens is 1. The number of nitrogens with zero attached hydrogens (tertiary/aromatic N) is 1. The quantitative estimate of drug-likeness (QED) is 0.728. The van der Waals surface area contributed by atoms with Gasteiger partial charge in [0.05, 0.1) is 5.69 Å². The van der Waals surface area contributed by atoms with Gasteiger partial charge in [-0.15, -0.1) is 0 Å². The molecule has 1 rings (SSSR count). The molecule has 0 fully saturated rings. The van der Waals surface area contributed by atoms with Gasteiger partial charge in [-0.1, -0.05) is 13.3 Å². The van der Waals surface area contributed by atoms with E-state index in [9.17, 15) is 9.18 Å². The number of Topliss-reactive ketones (excluding diaryl/α,β-unsaturated/α-hetero) is 1. The summed E-state index contributed by atoms with van der Waals surface area (Å²) in [4.78, 5) is 10.8. The van der Waals surface area contributed by atoms with Crippen LogP contribution in [0.3, 0.4) is 0 Å². The molecule has 0 unspecified atom stereocenters. The van der Waals surface area contributed by atoms with Gasteiger partial charge in [-0.3, -0.25) is 9.89 Å². The molecular weight excluding hydrogens is 171 g/mol. The fraction of sp³-hybridized carbons (Fsp3) is 0.556. The van der Waals surface area contributed by atoms with Crippen molar-refractivity contribution in [3.63, 3.8) is 0 Å². The van der Waals surface area contributed by atoms with Gasteiger partial charge in [-0.25, -0.2) is 4.39 Å². The van der Waals surface area contributed by atoms with Crippen LogP contribution in [0.1, 0.15) is 42.9 Å². The van der Waals surface area contributed by atoms with Gasteiger partial charge in [0.2, 0.25) is 0 Å². The largest absolute Gasteiger partial charge is 0.293 e. The Morgan fingerprint density at radius 3 is 2.77 bits per heavy atom. The lowest BCUT2D eigenvalue weighted by molar-refractivity contribution is 0.100. The van der Waals surface area contributed by atoms with Gasteiger partial charge in [0.1, 0.15) is 0 Å². The maximum absolute atomic E-state index is 13.3. The number of hydrogen-bond acceptors (Lipinski definition) is 2. The van der Waals surface area contributed by atoms with E-state index in [2.05, 4.69) is 10.2 Å². The fourth-order valence-corrected chi connectivity index (χ4v) is 1.12. The lowest BCUT2D eigenvalue weighted by Crippen LogP contribution is -1.96. The average Bonchev–Trinajstić information content (AvgIpc) is 2.43. The maximum atomic E-state index is 13.3. The van der Waals surface area contributed by atoms with Gasteiger partial charge >= 0.3 is 0 Å². The van der Waals surface area contributed by atoms with E-state index in [-0.39, 0.29) is 11.5 Å². The normalized spacial score (nSPS) is 10.4. The second-order valence-corrected chi connectivity index (χ2v) is 3.02. The van der Waals surface area contributed by atoms with Crippen molar-refractivity contribution in [2.24, 2.45) is 0 Å². The van der Waals surface area contributed by atoms with Crippen LogP contribution < -0.4 is 0 Å². The van der Waals surface area contributed by atoms with Crippen LogP contribution in [0.4, 0.5) is 4.39 Å². The molecule has 0 aromatic carbocycles. The van der Waals surface area contributed by atoms with E-state index in [1.54, 1.807) is 0 Å². The maximum Gasteiger partial charge on any atom is 0.183 e. The van der Waals surface area contributed by atoms with E-state index in [0.29, 0.717) is 12.1 Å². The minimum atomic E-state index is -0.485. The zero-order valence-electron chi connectivity index (χ0n) is 7.85. The second-order valence-electron chi connectivity index (χ2n) is 3.02. The number of rotatable bonds is 4. The van der Waals surface area contributed by atoms with E-state index >= 15 is 0 Å². The molecule has 4 heteroatoms. The third kappa shape index (κ3) is 2.14. The van der Waals surface area contributed by atoms with Crippen molar-refractivity contribution in [3.05, 3.63) is 17.2 Å². The average molecular weight is 184 g/mol. The van der Waals surface area contributed by atoms with Gasteiger partial charge in [0.15, 0.2) is 17.3 Å². The van der Waals surface area contributed by atoms with Gasteiger partial charge in [-0.2, -0.15) is 5.10 Å². The van der Waals surface area contributed by atoms with E-state index in [1.165, 1.54) is 6.92 Å². The number of unbranched alkanes of at least 4 members (excludes halogenated alkanes) is 1. The predicted molar refractivity (Wildman–Crippen MR) is 47.2 cm³/mol. The first kappa shape index (κ1) is 9.89. The molecule has 0 saturated heterocycles. The summed E-state index contributed by atoms with van der Waals surface area (Å²) in [5.74, 6) is -0.822. The third-order valence-corrected chi connectivity index (χ3v) is 1.89. The summed E-state index contributed by atoms with van der Waals surface area (Å²) < 4.78 is 13.3. The molecule has 0 saturated carbocycles. The van der Waals surface area contributed by atoms with Crippen LogP contribution in [0.25, 0.3) is 0 Å². The molecule has 1 N–H and O–H groups in total. The monoisotopic (exact) mass is 184 g/mol. The number of nitrogens with one attached hydrogen (secondary N) is 1. The minimum absolute atomic E-state index is 0.0777. The molecule has 1 aromatic heterocycles. The molecule has 72 valence electrons. The standard InChI is InChI=1S/C9H13FN2O/c1-3-4-5-7-8(10)9(6(2)13)12-11-7/h3-5H2,1-2H3,(H,11,12). The molecule has 0 aliphatic rings. The van der Waals surface area contributed by atoms with Gasteiger partial charge in [-0.05, 0) is 12.8 Å². The van der Waals surface area contributed by atoms with Crippen LogP contribution in [0, 0.1) is 5.82 Å². The zero-order valence-corrected chi connectivity index (χ0v) is 7.85. The van der Waals surface area contributed by atoms with E-state index in [4.69, 9.17) is 0 Å². The molecule has 0 amide bonds. The Balaban J connectivity index is 2.80. The van der Waals surface area contributed by atoms with Crippen molar-refractivity contribution < 1.29 is 9.18 Å². The number of hydrogen-bond donors (Lipinski definition) is 1. The van der Waals surface area contributed by atoms with Crippen molar-refractivity contribution in [3.8, 4) is 0 Å². The van der Waals surface area contributed by atoms with Crippen LogP contribution >= 0.6 is 0 Å². The number of carbonyl (C=O) groups excluding carboxylic acids is 1. The number of aromatic nitrogens is 2. The molecule has 0 aliphatic heterocycles. The van der Waals surface area contributed by atoms with Crippen molar-refractivity contribution >= 4 is 5.78 Å². The lowest BCUT2D eigenvalue weighted by atomic mass is 10.2. The van der Waals surface area contributed by atoms with E-state index in [1.807, 2.05) is 6.92 Å². The SMILES string of the molecule is CCCCc1[nH]nc(C(C)=O)c1F. The Labute approximate surface area is 76.3 Å². The van der Waals surface area contributed by atoms with Crippen LogP contribution in [0.5, 0.6) is 0 Å². The molecular formula is C9H13FN2O. The molecule has 1 heterocycles. The molecule has 0 bridgehead atoms. The molecule has 0 spiro atoms. The van der Waals surface area contributed by atoms with Gasteiger partial charge in [0, 0.05) is 6.92 Å². The molecule has 0 radical (unpaired) electrons. The highest BCUT2D eigenvalue weighted by Gasteiger charge is 2.15. The number of ketones is 1. The van der Waals surface area contributed by atoms with Gasteiger partial charge in [0.25, 0.3) is 0 Å². The lowest BCUT2D eigenvalue weighted by Gasteiger charge is -1.93. The Morgan fingerprint density at radius 2 is 2.31 bits per heavy atom. The Hall–Kier alpha value is -1.19. The highest BCUT2D eigenvalue weighted by molar-refractivity contribution is 5.92. The zero-order chi connectivity index (χ0) is 9.84. The fourth-order valence-electron chi connectivity index (χ4n) is 1.12. The Bertz CT molecular complexity index is 307. The van der Waals surface area contributed by atoms with Crippen LogP contribution in [0.15, 0.2) is 0 Å². The topological polar surface area (TPSA) is 45.8 Å². The Kier molecular flexibility index (Phi) is 3.17. The number of aromatic amines is 1. The van der Waals surface area contributed by atoms with Crippen molar-refractivity contribution in [2.75, 3.05) is 0 Å². The summed E-state index contributed by atoms with van der Waals surface area (Å²) in [6.07, 6.45) is 2.51. The molecule has 3 nitrogen and oxygen atoms in total. The van der Waals surface area contributed by atoms with Gasteiger partial charge < -0.3 is 0 Å². The number of carbonyl (C=O) groups is 1. The van der Waals surface area contributed by atoms with Crippen molar-refractivity contribution in [1.29, 1.82) is 0 Å². The number of aryl methyl sites for hydroxylation is 1. The number of H-pyrrole nitrogens is 1. The molecule has 0 atom stereocenters. The van der Waals surface area contributed by atoms with Crippen LogP contribution in [-0.4, -0.2) is 16.0 Å². The van der Waals surface area contributed by atoms with Crippen LogP contribution in [0.2, 0.25) is 0 Å². The molecule has 13 heavy (non-hydrogen) atoms. The molecule has 1 aromatic rings. The molecule has 0 aliphatic carbocycles. The van der Waals surface area contributed by atoms with E-state index in [0.717, 1.165) is 12.8 Å². The minimum Gasteiger partial charge on any atom is -0.293 e.